The molecule has 1 fully saturated rings. The number of aromatic amines is 1. The predicted molar refractivity (Wildman–Crippen MR) is 42.5 cm³/mol. The van der Waals surface area contributed by atoms with Gasteiger partial charge in [0.1, 0.15) is 24.5 Å². The highest BCUT2D eigenvalue weighted by Gasteiger charge is 2.31. The highest BCUT2D eigenvalue weighted by molar-refractivity contribution is 5.70. The zero-order valence-electron chi connectivity index (χ0n) is 6.89. The maximum atomic E-state index is 10.7. The van der Waals surface area contributed by atoms with Gasteiger partial charge in [0.25, 0.3) is 0 Å². The van der Waals surface area contributed by atoms with Crippen LogP contribution in [-0.2, 0) is 4.74 Å². The molecule has 2 heterocycles. The van der Waals surface area contributed by atoms with E-state index >= 15 is 0 Å². The molecule has 8 heteroatoms. The van der Waals surface area contributed by atoms with Crippen molar-refractivity contribution in [2.45, 2.75) is 6.04 Å². The molecular weight excluding hydrogens is 192 g/mol. The van der Waals surface area contributed by atoms with Gasteiger partial charge in [-0.3, -0.25) is 15.2 Å². The number of rotatable bonds is 2. The monoisotopic (exact) mass is 198 g/mol. The van der Waals surface area contributed by atoms with Gasteiger partial charge in [-0.2, -0.15) is 5.10 Å². The van der Waals surface area contributed by atoms with Crippen molar-refractivity contribution in [3.63, 3.8) is 0 Å². The van der Waals surface area contributed by atoms with Crippen LogP contribution < -0.4 is 5.32 Å². The molecule has 2 N–H and O–H groups in total. The summed E-state index contributed by atoms with van der Waals surface area (Å²) in [5.74, 6) is 0. The van der Waals surface area contributed by atoms with Crippen LogP contribution in [0.25, 0.3) is 0 Å². The van der Waals surface area contributed by atoms with E-state index in [9.17, 15) is 14.9 Å². The van der Waals surface area contributed by atoms with Crippen molar-refractivity contribution in [3.8, 4) is 0 Å². The fraction of sp³-hybridized carbons (Fsp3) is 0.333. The van der Waals surface area contributed by atoms with Crippen LogP contribution in [-0.4, -0.2) is 27.8 Å². The van der Waals surface area contributed by atoms with E-state index in [-0.39, 0.29) is 18.0 Å². The first-order valence-corrected chi connectivity index (χ1v) is 3.79. The fourth-order valence-corrected chi connectivity index (χ4v) is 1.23. The number of aromatic nitrogens is 2. The molecule has 1 atom stereocenters. The minimum atomic E-state index is -0.584. The van der Waals surface area contributed by atoms with Crippen molar-refractivity contribution in [2.75, 3.05) is 6.61 Å². The highest BCUT2D eigenvalue weighted by atomic mass is 16.6. The second kappa shape index (κ2) is 2.98. The lowest BCUT2D eigenvalue weighted by atomic mass is 10.2. The molecule has 1 aromatic rings. The molecule has 74 valence electrons. The Hall–Kier alpha value is -2.12. The van der Waals surface area contributed by atoms with Crippen LogP contribution in [0.2, 0.25) is 0 Å². The molecule has 0 aromatic carbocycles. The Bertz CT molecular complexity index is 387. The van der Waals surface area contributed by atoms with Gasteiger partial charge in [0, 0.05) is 0 Å². The SMILES string of the molecule is O=C1NC(c2[nH]ncc2[N+](=O)[O-])CO1. The second-order valence-electron chi connectivity index (χ2n) is 2.72. The quantitative estimate of drug-likeness (QED) is 0.517. The molecule has 0 bridgehead atoms. The number of carbonyl (C=O) groups is 1. The Morgan fingerprint density at radius 3 is 3.07 bits per heavy atom. The van der Waals surface area contributed by atoms with Crippen molar-refractivity contribution >= 4 is 11.8 Å². The summed E-state index contributed by atoms with van der Waals surface area (Å²) < 4.78 is 4.60. The van der Waals surface area contributed by atoms with E-state index in [4.69, 9.17) is 0 Å². The van der Waals surface area contributed by atoms with E-state index < -0.39 is 17.1 Å². The number of hydrogen-bond donors (Lipinski definition) is 2. The van der Waals surface area contributed by atoms with E-state index in [2.05, 4.69) is 20.3 Å². The summed E-state index contributed by atoms with van der Waals surface area (Å²) >= 11 is 0. The highest BCUT2D eigenvalue weighted by Crippen LogP contribution is 2.24. The number of H-pyrrole nitrogens is 1. The molecule has 0 spiro atoms. The number of nitro groups is 1. The first-order chi connectivity index (χ1) is 6.68. The lowest BCUT2D eigenvalue weighted by Crippen LogP contribution is -2.19. The van der Waals surface area contributed by atoms with Gasteiger partial charge in [-0.15, -0.1) is 0 Å². The zero-order chi connectivity index (χ0) is 10.1. The van der Waals surface area contributed by atoms with Gasteiger partial charge < -0.3 is 10.1 Å². The molecular formula is C6H6N4O4. The summed E-state index contributed by atoms with van der Waals surface area (Å²) in [6, 6.07) is -0.523. The summed E-state index contributed by atoms with van der Waals surface area (Å²) in [5, 5.41) is 18.9. The van der Waals surface area contributed by atoms with Gasteiger partial charge >= 0.3 is 11.8 Å². The molecule has 0 saturated carbocycles. The summed E-state index contributed by atoms with van der Waals surface area (Å²) in [5.41, 5.74) is 0.0988. The van der Waals surface area contributed by atoms with Gasteiger partial charge in [-0.1, -0.05) is 0 Å². The van der Waals surface area contributed by atoms with E-state index in [1.54, 1.807) is 0 Å². The third-order valence-corrected chi connectivity index (χ3v) is 1.87. The molecule has 1 aliphatic heterocycles. The van der Waals surface area contributed by atoms with Crippen LogP contribution in [0.15, 0.2) is 6.20 Å². The number of nitrogens with one attached hydrogen (secondary N) is 2. The van der Waals surface area contributed by atoms with Crippen LogP contribution in [0.1, 0.15) is 11.7 Å². The maximum Gasteiger partial charge on any atom is 0.407 e. The van der Waals surface area contributed by atoms with E-state index in [1.165, 1.54) is 0 Å². The number of hydrogen-bond acceptors (Lipinski definition) is 5. The molecule has 1 amide bonds. The van der Waals surface area contributed by atoms with Gasteiger partial charge in [0.05, 0.1) is 4.92 Å². The van der Waals surface area contributed by atoms with E-state index in [1.807, 2.05) is 0 Å². The van der Waals surface area contributed by atoms with Crippen LogP contribution in [0, 0.1) is 10.1 Å². The third kappa shape index (κ3) is 1.26. The lowest BCUT2D eigenvalue weighted by Gasteiger charge is -2.02. The third-order valence-electron chi connectivity index (χ3n) is 1.87. The average molecular weight is 198 g/mol. The Kier molecular flexibility index (Phi) is 1.80. The van der Waals surface area contributed by atoms with Crippen LogP contribution in [0.5, 0.6) is 0 Å². The molecule has 1 aliphatic rings. The molecule has 2 rings (SSSR count). The first kappa shape index (κ1) is 8.48. The molecule has 14 heavy (non-hydrogen) atoms. The summed E-state index contributed by atoms with van der Waals surface area (Å²) in [6.45, 7) is 0.0713. The minimum absolute atomic E-state index is 0.0713. The summed E-state index contributed by atoms with van der Waals surface area (Å²) in [6.07, 6.45) is 0.513. The van der Waals surface area contributed by atoms with Crippen LogP contribution in [0.4, 0.5) is 10.5 Å². The zero-order valence-corrected chi connectivity index (χ0v) is 6.89. The van der Waals surface area contributed by atoms with Crippen molar-refractivity contribution in [3.05, 3.63) is 22.0 Å². The van der Waals surface area contributed by atoms with Gasteiger partial charge in [0.15, 0.2) is 0 Å². The lowest BCUT2D eigenvalue weighted by molar-refractivity contribution is -0.385. The van der Waals surface area contributed by atoms with Crippen molar-refractivity contribution in [1.29, 1.82) is 0 Å². The van der Waals surface area contributed by atoms with Crippen molar-refractivity contribution in [1.82, 2.24) is 15.5 Å². The molecule has 0 radical (unpaired) electrons. The Morgan fingerprint density at radius 1 is 1.71 bits per heavy atom. The molecule has 8 nitrogen and oxygen atoms in total. The van der Waals surface area contributed by atoms with E-state index in [0.717, 1.165) is 6.20 Å². The van der Waals surface area contributed by atoms with Gasteiger partial charge in [-0.25, -0.2) is 4.79 Å². The summed E-state index contributed by atoms with van der Waals surface area (Å²) in [4.78, 5) is 20.6. The Balaban J connectivity index is 2.28. The van der Waals surface area contributed by atoms with Gasteiger partial charge in [-0.05, 0) is 0 Å². The Morgan fingerprint density at radius 2 is 2.50 bits per heavy atom. The number of carbonyl (C=O) groups excluding carboxylic acids is 1. The molecule has 0 aliphatic carbocycles. The van der Waals surface area contributed by atoms with E-state index in [0.29, 0.717) is 0 Å². The molecule has 1 saturated heterocycles. The smallest absolute Gasteiger partial charge is 0.407 e. The van der Waals surface area contributed by atoms with Crippen LogP contribution >= 0.6 is 0 Å². The first-order valence-electron chi connectivity index (χ1n) is 3.79. The maximum absolute atomic E-state index is 10.7. The Labute approximate surface area is 77.4 Å². The van der Waals surface area contributed by atoms with Gasteiger partial charge in [0.2, 0.25) is 0 Å². The minimum Gasteiger partial charge on any atom is -0.447 e. The molecule has 1 unspecified atom stereocenters. The number of ether oxygens (including phenoxy) is 1. The topological polar surface area (TPSA) is 110 Å². The number of amides is 1. The molecule has 1 aromatic heterocycles. The standard InChI is InChI=1S/C6H6N4O4/c11-6-8-3(2-14-6)5-4(10(12)13)1-7-9-5/h1,3H,2H2,(H,7,9)(H,8,11). The normalized spacial score (nSPS) is 20.3. The number of alkyl carbamates (subject to hydrolysis) is 1. The van der Waals surface area contributed by atoms with Crippen LogP contribution in [0.3, 0.4) is 0 Å². The average Bonchev–Trinajstić information content (AvgIpc) is 2.70. The number of nitrogens with zero attached hydrogens (tertiary/aromatic N) is 2. The predicted octanol–water partition coefficient (Wildman–Crippen LogP) is 0.0988. The fourth-order valence-electron chi connectivity index (χ4n) is 1.23. The second-order valence-corrected chi connectivity index (χ2v) is 2.72. The van der Waals surface area contributed by atoms with Crippen molar-refractivity contribution < 1.29 is 14.5 Å². The number of cyclic esters (lactones) is 1. The van der Waals surface area contributed by atoms with Crippen molar-refractivity contribution in [2.24, 2.45) is 0 Å². The summed E-state index contributed by atoms with van der Waals surface area (Å²) in [7, 11) is 0. The largest absolute Gasteiger partial charge is 0.447 e.